The van der Waals surface area contributed by atoms with Gasteiger partial charge in [-0.05, 0) is 61.8 Å². The Bertz CT molecular complexity index is 1190. The molecule has 2 aliphatic carbocycles. The zero-order valence-electron chi connectivity index (χ0n) is 17.5. The van der Waals surface area contributed by atoms with Crippen LogP contribution in [0.3, 0.4) is 0 Å². The number of aromatic nitrogens is 2. The Morgan fingerprint density at radius 1 is 1.16 bits per heavy atom. The highest BCUT2D eigenvalue weighted by Crippen LogP contribution is 2.44. The van der Waals surface area contributed by atoms with Crippen molar-refractivity contribution in [2.24, 2.45) is 5.92 Å². The van der Waals surface area contributed by atoms with Crippen LogP contribution in [0.2, 0.25) is 0 Å². The average molecular weight is 453 g/mol. The summed E-state index contributed by atoms with van der Waals surface area (Å²) in [6.07, 6.45) is 5.78. The van der Waals surface area contributed by atoms with E-state index in [1.165, 1.54) is 35.1 Å². The number of aryl methyl sites for hydroxylation is 1. The van der Waals surface area contributed by atoms with E-state index in [0.29, 0.717) is 41.9 Å². The molecule has 160 valence electrons. The van der Waals surface area contributed by atoms with Crippen LogP contribution in [0.15, 0.2) is 23.2 Å². The van der Waals surface area contributed by atoms with Crippen LogP contribution in [0.5, 0.6) is 11.5 Å². The van der Waals surface area contributed by atoms with Crippen LogP contribution < -0.4 is 9.47 Å². The minimum absolute atomic E-state index is 0.0828. The highest BCUT2D eigenvalue weighted by molar-refractivity contribution is 8.00. The van der Waals surface area contributed by atoms with E-state index in [4.69, 9.17) is 19.4 Å². The Morgan fingerprint density at radius 2 is 2.00 bits per heavy atom. The smallest absolute Gasteiger partial charge is 0.173 e. The van der Waals surface area contributed by atoms with Gasteiger partial charge in [-0.1, -0.05) is 18.7 Å². The predicted octanol–water partition coefficient (Wildman–Crippen LogP) is 5.44. The summed E-state index contributed by atoms with van der Waals surface area (Å²) in [4.78, 5) is 25.5. The number of nitrogens with zero attached hydrogens (tertiary/aromatic N) is 2. The van der Waals surface area contributed by atoms with Crippen molar-refractivity contribution in [1.29, 1.82) is 0 Å². The number of thiophene rings is 1. The van der Waals surface area contributed by atoms with Gasteiger partial charge in [0, 0.05) is 21.7 Å². The standard InChI is InChI=1S/C24H24N2O3S2/c1-13-2-6-16-20(10-13)31-24-21(16)23(25-22(26-24)14-3-4-14)30-12-17(27)15-5-7-18-19(11-15)29-9-8-28-18/h5,7,11,13-14H,2-4,6,8-10,12H2,1H3/t13-/m0/s1. The molecule has 1 aliphatic heterocycles. The second-order valence-corrected chi connectivity index (χ2v) is 10.8. The van der Waals surface area contributed by atoms with Gasteiger partial charge >= 0.3 is 0 Å². The molecule has 7 heteroatoms. The van der Waals surface area contributed by atoms with E-state index >= 15 is 0 Å². The summed E-state index contributed by atoms with van der Waals surface area (Å²) in [5, 5.41) is 2.20. The van der Waals surface area contributed by atoms with Gasteiger partial charge in [0.2, 0.25) is 0 Å². The van der Waals surface area contributed by atoms with Gasteiger partial charge < -0.3 is 9.47 Å². The molecule has 3 aromatic rings. The third-order valence-electron chi connectivity index (χ3n) is 6.29. The number of carbonyl (C=O) groups is 1. The van der Waals surface area contributed by atoms with E-state index in [1.54, 1.807) is 17.8 Å². The first kappa shape index (κ1) is 19.6. The van der Waals surface area contributed by atoms with Crippen molar-refractivity contribution in [2.45, 2.75) is 50.0 Å². The summed E-state index contributed by atoms with van der Waals surface area (Å²) >= 11 is 3.41. The highest BCUT2D eigenvalue weighted by Gasteiger charge is 2.30. The van der Waals surface area contributed by atoms with Crippen molar-refractivity contribution in [1.82, 2.24) is 9.97 Å². The average Bonchev–Trinajstić information content (AvgIpc) is 3.57. The van der Waals surface area contributed by atoms with Gasteiger partial charge in [-0.3, -0.25) is 4.79 Å². The number of carbonyl (C=O) groups excluding carboxylic acids is 1. The molecule has 0 N–H and O–H groups in total. The van der Waals surface area contributed by atoms with Crippen molar-refractivity contribution in [2.75, 3.05) is 19.0 Å². The predicted molar refractivity (Wildman–Crippen MR) is 123 cm³/mol. The monoisotopic (exact) mass is 452 g/mol. The first-order valence-corrected chi connectivity index (χ1v) is 12.8. The van der Waals surface area contributed by atoms with E-state index < -0.39 is 0 Å². The van der Waals surface area contributed by atoms with Gasteiger partial charge in [0.1, 0.15) is 28.9 Å². The molecular formula is C24H24N2O3S2. The molecule has 2 aromatic heterocycles. The number of rotatable bonds is 5. The largest absolute Gasteiger partial charge is 0.486 e. The lowest BCUT2D eigenvalue weighted by molar-refractivity contribution is 0.102. The molecule has 0 spiro atoms. The summed E-state index contributed by atoms with van der Waals surface area (Å²) in [6, 6.07) is 5.46. The van der Waals surface area contributed by atoms with Crippen molar-refractivity contribution in [3.63, 3.8) is 0 Å². The summed E-state index contributed by atoms with van der Waals surface area (Å²) in [7, 11) is 0. The van der Waals surface area contributed by atoms with E-state index in [0.717, 1.165) is 34.4 Å². The lowest BCUT2D eigenvalue weighted by Gasteiger charge is -2.18. The molecule has 1 saturated carbocycles. The van der Waals surface area contributed by atoms with Crippen molar-refractivity contribution < 1.29 is 14.3 Å². The maximum atomic E-state index is 13.0. The van der Waals surface area contributed by atoms with Crippen LogP contribution in [0, 0.1) is 5.92 Å². The molecule has 5 nitrogen and oxygen atoms in total. The normalized spacial score (nSPS) is 20.0. The summed E-state index contributed by atoms with van der Waals surface area (Å²) < 4.78 is 11.2. The van der Waals surface area contributed by atoms with Gasteiger partial charge in [0.15, 0.2) is 17.3 Å². The van der Waals surface area contributed by atoms with Gasteiger partial charge in [0.05, 0.1) is 5.75 Å². The number of thioether (sulfide) groups is 1. The third kappa shape index (κ3) is 3.72. The number of ether oxygens (including phenoxy) is 2. The maximum absolute atomic E-state index is 13.0. The Kier molecular flexibility index (Phi) is 4.91. The lowest BCUT2D eigenvalue weighted by Crippen LogP contribution is -2.16. The molecule has 1 aromatic carbocycles. The topological polar surface area (TPSA) is 61.3 Å². The molecule has 6 rings (SSSR count). The van der Waals surface area contributed by atoms with Crippen LogP contribution in [0.4, 0.5) is 0 Å². The fourth-order valence-corrected chi connectivity index (χ4v) is 6.80. The van der Waals surface area contributed by atoms with E-state index in [1.807, 2.05) is 23.5 Å². The molecule has 1 fully saturated rings. The van der Waals surface area contributed by atoms with Crippen LogP contribution in [-0.4, -0.2) is 34.7 Å². The minimum atomic E-state index is 0.0828. The van der Waals surface area contributed by atoms with Crippen LogP contribution in [0.1, 0.15) is 58.7 Å². The molecule has 3 aliphatic rings. The molecule has 0 saturated heterocycles. The van der Waals surface area contributed by atoms with Gasteiger partial charge in [0.25, 0.3) is 0 Å². The lowest BCUT2D eigenvalue weighted by atomic mass is 9.89. The molecule has 0 radical (unpaired) electrons. The molecule has 31 heavy (non-hydrogen) atoms. The summed E-state index contributed by atoms with van der Waals surface area (Å²) in [6.45, 7) is 3.40. The fraction of sp³-hybridized carbons (Fsp3) is 0.458. The summed E-state index contributed by atoms with van der Waals surface area (Å²) in [5.74, 6) is 3.99. The highest BCUT2D eigenvalue weighted by atomic mass is 32.2. The number of hydrogen-bond acceptors (Lipinski definition) is 7. The Balaban J connectivity index is 1.30. The van der Waals surface area contributed by atoms with Crippen LogP contribution in [-0.2, 0) is 12.8 Å². The summed E-state index contributed by atoms with van der Waals surface area (Å²) in [5.41, 5.74) is 2.08. The molecule has 0 amide bonds. The van der Waals surface area contributed by atoms with Gasteiger partial charge in [-0.2, -0.15) is 0 Å². The van der Waals surface area contributed by atoms with Crippen molar-refractivity contribution in [3.8, 4) is 11.5 Å². The molecule has 1 atom stereocenters. The van der Waals surface area contributed by atoms with Crippen molar-refractivity contribution >= 4 is 39.1 Å². The van der Waals surface area contributed by atoms with Crippen LogP contribution in [0.25, 0.3) is 10.2 Å². The number of benzene rings is 1. The first-order valence-electron chi connectivity index (χ1n) is 11.0. The number of ketones is 1. The van der Waals surface area contributed by atoms with Gasteiger partial charge in [-0.15, -0.1) is 11.3 Å². The zero-order valence-corrected chi connectivity index (χ0v) is 19.1. The first-order chi connectivity index (χ1) is 15.2. The SMILES string of the molecule is C[C@H]1CCc2c(sc3nc(C4CC4)nc(SCC(=O)c4ccc5c(c4)OCCO5)c23)C1. The Labute approximate surface area is 189 Å². The van der Waals surface area contributed by atoms with E-state index in [9.17, 15) is 4.79 Å². The van der Waals surface area contributed by atoms with Crippen molar-refractivity contribution in [3.05, 3.63) is 40.0 Å². The molecule has 0 bridgehead atoms. The minimum Gasteiger partial charge on any atom is -0.486 e. The molecule has 0 unspecified atom stereocenters. The second kappa shape index (κ2) is 7.78. The maximum Gasteiger partial charge on any atom is 0.173 e. The van der Waals surface area contributed by atoms with Gasteiger partial charge in [-0.25, -0.2) is 9.97 Å². The fourth-order valence-electron chi connectivity index (χ4n) is 4.39. The second-order valence-electron chi connectivity index (χ2n) is 8.76. The van der Waals surface area contributed by atoms with E-state index in [-0.39, 0.29) is 5.78 Å². The Hall–Kier alpha value is -2.12. The zero-order chi connectivity index (χ0) is 20.9. The van der Waals surface area contributed by atoms with Crippen LogP contribution >= 0.6 is 23.1 Å². The molecule has 3 heterocycles. The third-order valence-corrected chi connectivity index (χ3v) is 8.41. The quantitative estimate of drug-likeness (QED) is 0.292. The number of fused-ring (bicyclic) bond motifs is 4. The number of hydrogen-bond donors (Lipinski definition) is 0. The Morgan fingerprint density at radius 3 is 2.84 bits per heavy atom. The van der Waals surface area contributed by atoms with E-state index in [2.05, 4.69) is 6.92 Å². The molecular weight excluding hydrogens is 428 g/mol. The number of Topliss-reactive ketones (excluding diaryl/α,β-unsaturated/α-hetero) is 1.